The van der Waals surface area contributed by atoms with Gasteiger partial charge in [0.25, 0.3) is 0 Å². The molecule has 0 aliphatic carbocycles. The fourth-order valence-corrected chi connectivity index (χ4v) is 3.14. The quantitative estimate of drug-likeness (QED) is 0.780. The van der Waals surface area contributed by atoms with Crippen LogP contribution in [0.2, 0.25) is 0 Å². The lowest BCUT2D eigenvalue weighted by atomic mass is 10.1. The van der Waals surface area contributed by atoms with Crippen molar-refractivity contribution in [3.05, 3.63) is 0 Å². The smallest absolute Gasteiger partial charge is 0.236 e. The summed E-state index contributed by atoms with van der Waals surface area (Å²) >= 11 is 0. The Labute approximate surface area is 117 Å². The van der Waals surface area contributed by atoms with E-state index in [1.807, 2.05) is 6.92 Å². The van der Waals surface area contributed by atoms with Gasteiger partial charge in [-0.3, -0.25) is 9.69 Å². The Morgan fingerprint density at radius 2 is 1.84 bits per heavy atom. The van der Waals surface area contributed by atoms with Crippen molar-refractivity contribution >= 4 is 5.91 Å². The van der Waals surface area contributed by atoms with Gasteiger partial charge >= 0.3 is 0 Å². The molecule has 0 aromatic carbocycles. The zero-order chi connectivity index (χ0) is 13.5. The number of nitrogens with zero attached hydrogens (tertiary/aromatic N) is 2. The number of amides is 1. The standard InChI is InChI=1S/C15H28N2O2/c1-2-19-14-8-7-9-16(12-14)13-15(18)17-10-5-3-4-6-11-17/h14H,2-13H2,1H3/t14-/m1/s1. The molecule has 4 heteroatoms. The highest BCUT2D eigenvalue weighted by molar-refractivity contribution is 5.78. The largest absolute Gasteiger partial charge is 0.377 e. The molecule has 0 spiro atoms. The Balaban J connectivity index is 1.77. The molecule has 0 unspecified atom stereocenters. The summed E-state index contributed by atoms with van der Waals surface area (Å²) in [5.74, 6) is 0.319. The predicted octanol–water partition coefficient (Wildman–Crippen LogP) is 1.89. The summed E-state index contributed by atoms with van der Waals surface area (Å²) in [5, 5.41) is 0. The first-order valence-corrected chi connectivity index (χ1v) is 7.91. The van der Waals surface area contributed by atoms with Gasteiger partial charge in [-0.2, -0.15) is 0 Å². The number of carbonyl (C=O) groups excluding carboxylic acids is 1. The summed E-state index contributed by atoms with van der Waals surface area (Å²) in [5.41, 5.74) is 0. The van der Waals surface area contributed by atoms with Crippen molar-refractivity contribution in [1.29, 1.82) is 0 Å². The van der Waals surface area contributed by atoms with Gasteiger partial charge < -0.3 is 9.64 Å². The maximum atomic E-state index is 12.3. The fraction of sp³-hybridized carbons (Fsp3) is 0.933. The van der Waals surface area contributed by atoms with Crippen LogP contribution in [0.1, 0.15) is 45.4 Å². The van der Waals surface area contributed by atoms with Crippen molar-refractivity contribution < 1.29 is 9.53 Å². The zero-order valence-electron chi connectivity index (χ0n) is 12.3. The first-order chi connectivity index (χ1) is 9.29. The third-order valence-electron chi connectivity index (χ3n) is 4.18. The van der Waals surface area contributed by atoms with Crippen LogP contribution in [0, 0.1) is 0 Å². The molecular formula is C15H28N2O2. The summed E-state index contributed by atoms with van der Waals surface area (Å²) < 4.78 is 5.69. The van der Waals surface area contributed by atoms with E-state index in [-0.39, 0.29) is 0 Å². The summed E-state index contributed by atoms with van der Waals surface area (Å²) in [7, 11) is 0. The van der Waals surface area contributed by atoms with Crippen LogP contribution in [0.5, 0.6) is 0 Å². The molecule has 2 aliphatic heterocycles. The molecule has 2 aliphatic rings. The van der Waals surface area contributed by atoms with Crippen molar-refractivity contribution in [2.45, 2.75) is 51.6 Å². The lowest BCUT2D eigenvalue weighted by Gasteiger charge is -2.33. The molecule has 4 nitrogen and oxygen atoms in total. The summed E-state index contributed by atoms with van der Waals surface area (Å²) in [6.45, 7) is 7.29. The van der Waals surface area contributed by atoms with E-state index in [0.29, 0.717) is 18.6 Å². The average Bonchev–Trinajstić information content (AvgIpc) is 2.68. The van der Waals surface area contributed by atoms with Crippen molar-refractivity contribution in [3.63, 3.8) is 0 Å². The minimum Gasteiger partial charge on any atom is -0.377 e. The predicted molar refractivity (Wildman–Crippen MR) is 76.1 cm³/mol. The third kappa shape index (κ3) is 4.77. The second-order valence-corrected chi connectivity index (χ2v) is 5.75. The molecule has 1 amide bonds. The highest BCUT2D eigenvalue weighted by Gasteiger charge is 2.24. The number of hydrogen-bond donors (Lipinski definition) is 0. The summed E-state index contributed by atoms with van der Waals surface area (Å²) in [6.07, 6.45) is 7.52. The maximum absolute atomic E-state index is 12.3. The summed E-state index contributed by atoms with van der Waals surface area (Å²) in [6, 6.07) is 0. The first kappa shape index (κ1) is 14.8. The molecule has 19 heavy (non-hydrogen) atoms. The number of likely N-dealkylation sites (tertiary alicyclic amines) is 2. The normalized spacial score (nSPS) is 26.2. The highest BCUT2D eigenvalue weighted by Crippen LogP contribution is 2.14. The molecule has 1 atom stereocenters. The Morgan fingerprint density at radius 3 is 2.53 bits per heavy atom. The molecule has 0 radical (unpaired) electrons. The number of piperidine rings is 1. The van der Waals surface area contributed by atoms with Gasteiger partial charge in [-0.15, -0.1) is 0 Å². The molecule has 0 N–H and O–H groups in total. The van der Waals surface area contributed by atoms with Crippen LogP contribution in [0.25, 0.3) is 0 Å². The second kappa shape index (κ2) is 7.85. The number of ether oxygens (including phenoxy) is 1. The van der Waals surface area contributed by atoms with Crippen LogP contribution >= 0.6 is 0 Å². The molecule has 110 valence electrons. The lowest BCUT2D eigenvalue weighted by molar-refractivity contribution is -0.133. The second-order valence-electron chi connectivity index (χ2n) is 5.75. The van der Waals surface area contributed by atoms with E-state index in [9.17, 15) is 4.79 Å². The van der Waals surface area contributed by atoms with E-state index in [2.05, 4.69) is 9.80 Å². The Hall–Kier alpha value is -0.610. The molecule has 2 saturated heterocycles. The fourth-order valence-electron chi connectivity index (χ4n) is 3.14. The van der Waals surface area contributed by atoms with Gasteiger partial charge in [-0.25, -0.2) is 0 Å². The van der Waals surface area contributed by atoms with Crippen LogP contribution in [0.3, 0.4) is 0 Å². The lowest BCUT2D eigenvalue weighted by Crippen LogP contribution is -2.46. The van der Waals surface area contributed by atoms with Crippen molar-refractivity contribution in [1.82, 2.24) is 9.80 Å². The van der Waals surface area contributed by atoms with Gasteiger partial charge in [0.2, 0.25) is 5.91 Å². The van der Waals surface area contributed by atoms with Gasteiger partial charge in [0, 0.05) is 26.2 Å². The van der Waals surface area contributed by atoms with E-state index in [1.54, 1.807) is 0 Å². The van der Waals surface area contributed by atoms with E-state index < -0.39 is 0 Å². The molecule has 2 rings (SSSR count). The maximum Gasteiger partial charge on any atom is 0.236 e. The minimum atomic E-state index is 0.319. The average molecular weight is 268 g/mol. The van der Waals surface area contributed by atoms with Crippen LogP contribution in [0.15, 0.2) is 0 Å². The van der Waals surface area contributed by atoms with Crippen molar-refractivity contribution in [2.75, 3.05) is 39.3 Å². The molecular weight excluding hydrogens is 240 g/mol. The molecule has 0 saturated carbocycles. The van der Waals surface area contributed by atoms with Crippen LogP contribution < -0.4 is 0 Å². The molecule has 2 heterocycles. The van der Waals surface area contributed by atoms with Gasteiger partial charge in [0.05, 0.1) is 12.6 Å². The SMILES string of the molecule is CCO[C@@H]1CCCN(CC(=O)N2CCCCCC2)C1. The molecule has 2 fully saturated rings. The van der Waals surface area contributed by atoms with Crippen molar-refractivity contribution in [3.8, 4) is 0 Å². The Kier molecular flexibility index (Phi) is 6.11. The Morgan fingerprint density at radius 1 is 1.11 bits per heavy atom. The van der Waals surface area contributed by atoms with E-state index in [0.717, 1.165) is 45.6 Å². The van der Waals surface area contributed by atoms with Gasteiger partial charge in [0.15, 0.2) is 0 Å². The number of rotatable bonds is 4. The van der Waals surface area contributed by atoms with Gasteiger partial charge in [-0.05, 0) is 39.2 Å². The highest BCUT2D eigenvalue weighted by atomic mass is 16.5. The molecule has 0 aromatic rings. The number of hydrogen-bond acceptors (Lipinski definition) is 3. The van der Waals surface area contributed by atoms with Crippen molar-refractivity contribution in [2.24, 2.45) is 0 Å². The van der Waals surface area contributed by atoms with Crippen LogP contribution in [0.4, 0.5) is 0 Å². The van der Waals surface area contributed by atoms with Crippen LogP contribution in [-0.4, -0.2) is 61.1 Å². The van der Waals surface area contributed by atoms with Gasteiger partial charge in [0.1, 0.15) is 0 Å². The molecule has 0 aromatic heterocycles. The van der Waals surface area contributed by atoms with E-state index >= 15 is 0 Å². The van der Waals surface area contributed by atoms with E-state index in [4.69, 9.17) is 4.74 Å². The first-order valence-electron chi connectivity index (χ1n) is 7.91. The zero-order valence-corrected chi connectivity index (χ0v) is 12.3. The third-order valence-corrected chi connectivity index (χ3v) is 4.18. The summed E-state index contributed by atoms with van der Waals surface area (Å²) in [4.78, 5) is 16.7. The number of carbonyl (C=O) groups is 1. The Bertz CT molecular complexity index is 273. The topological polar surface area (TPSA) is 32.8 Å². The van der Waals surface area contributed by atoms with E-state index in [1.165, 1.54) is 25.7 Å². The van der Waals surface area contributed by atoms with Gasteiger partial charge in [-0.1, -0.05) is 12.8 Å². The van der Waals surface area contributed by atoms with Crippen LogP contribution in [-0.2, 0) is 9.53 Å². The monoisotopic (exact) mass is 268 g/mol. The minimum absolute atomic E-state index is 0.319. The molecule has 0 bridgehead atoms.